The zero-order valence-electron chi connectivity index (χ0n) is 10.5. The van der Waals surface area contributed by atoms with Crippen LogP contribution in [0.3, 0.4) is 0 Å². The van der Waals surface area contributed by atoms with Crippen molar-refractivity contribution in [1.29, 1.82) is 0 Å². The van der Waals surface area contributed by atoms with Gasteiger partial charge in [0.25, 0.3) is 0 Å². The summed E-state index contributed by atoms with van der Waals surface area (Å²) in [5, 5.41) is 20.1. The van der Waals surface area contributed by atoms with Crippen LogP contribution in [0, 0.1) is 41.4 Å². The molecule has 0 aromatic carbocycles. The van der Waals surface area contributed by atoms with Gasteiger partial charge in [0.15, 0.2) is 0 Å². The normalized spacial score (nSPS) is 60.1. The number of hydrogen-bond donors (Lipinski definition) is 2. The van der Waals surface area contributed by atoms with Gasteiger partial charge in [-0.15, -0.1) is 0 Å². The third kappa shape index (κ3) is 1.12. The number of fused-ring (bicyclic) bond motifs is 9. The highest BCUT2D eigenvalue weighted by Crippen LogP contribution is 2.68. The van der Waals surface area contributed by atoms with E-state index in [1.54, 1.807) is 0 Å². The van der Waals surface area contributed by atoms with Crippen molar-refractivity contribution in [2.24, 2.45) is 41.4 Å². The first-order valence-corrected chi connectivity index (χ1v) is 7.07. The van der Waals surface area contributed by atoms with Crippen LogP contribution in [-0.2, 0) is 9.53 Å². The Kier molecular flexibility index (Phi) is 2.17. The van der Waals surface area contributed by atoms with Gasteiger partial charge in [-0.3, -0.25) is 4.79 Å². The first-order valence-electron chi connectivity index (χ1n) is 7.07. The molecule has 0 radical (unpaired) electrons. The van der Waals surface area contributed by atoms with Crippen LogP contribution in [0.2, 0.25) is 0 Å². The molecule has 0 heterocycles. The van der Waals surface area contributed by atoms with E-state index in [0.29, 0.717) is 23.7 Å². The molecular formula is C14H20O4. The Labute approximate surface area is 106 Å². The van der Waals surface area contributed by atoms with Crippen molar-refractivity contribution in [3.05, 3.63) is 0 Å². The van der Waals surface area contributed by atoms with Crippen LogP contribution in [0.5, 0.6) is 0 Å². The molecule has 4 aliphatic carbocycles. The Bertz CT molecular complexity index is 395. The minimum absolute atomic E-state index is 0.0462. The van der Waals surface area contributed by atoms with E-state index in [1.807, 2.05) is 0 Å². The summed E-state index contributed by atoms with van der Waals surface area (Å²) in [5.41, 5.74) is 0. The lowest BCUT2D eigenvalue weighted by atomic mass is 9.66. The molecule has 0 aromatic rings. The molecule has 0 spiro atoms. The lowest BCUT2D eigenvalue weighted by Gasteiger charge is -2.41. The van der Waals surface area contributed by atoms with Crippen molar-refractivity contribution >= 4 is 5.97 Å². The molecular weight excluding hydrogens is 232 g/mol. The number of carbonyl (C=O) groups is 1. The number of carbonyl (C=O) groups excluding carboxylic acids is 1. The molecule has 18 heavy (non-hydrogen) atoms. The fourth-order valence-corrected chi connectivity index (χ4v) is 5.98. The van der Waals surface area contributed by atoms with E-state index in [9.17, 15) is 15.0 Å². The lowest BCUT2D eigenvalue weighted by molar-refractivity contribution is -0.150. The average Bonchev–Trinajstić information content (AvgIpc) is 3.08. The number of rotatable bonds is 1. The minimum Gasteiger partial charge on any atom is -0.469 e. The molecule has 9 atom stereocenters. The summed E-state index contributed by atoms with van der Waals surface area (Å²) in [6.45, 7) is 0. The van der Waals surface area contributed by atoms with E-state index in [2.05, 4.69) is 0 Å². The highest BCUT2D eigenvalue weighted by atomic mass is 16.5. The number of methoxy groups -OCH3 is 1. The Morgan fingerprint density at radius 2 is 1.67 bits per heavy atom. The molecule has 4 fully saturated rings. The van der Waals surface area contributed by atoms with Gasteiger partial charge in [-0.25, -0.2) is 0 Å². The summed E-state index contributed by atoms with van der Waals surface area (Å²) in [6, 6.07) is 0. The van der Waals surface area contributed by atoms with Crippen LogP contribution in [0.25, 0.3) is 0 Å². The molecule has 0 saturated heterocycles. The predicted octanol–water partition coefficient (Wildman–Crippen LogP) is 0.419. The summed E-state index contributed by atoms with van der Waals surface area (Å²) < 4.78 is 4.91. The van der Waals surface area contributed by atoms with Gasteiger partial charge in [0.1, 0.15) is 0 Å². The molecule has 4 nitrogen and oxygen atoms in total. The summed E-state index contributed by atoms with van der Waals surface area (Å²) >= 11 is 0. The zero-order chi connectivity index (χ0) is 12.6. The number of esters is 1. The highest BCUT2D eigenvalue weighted by molar-refractivity contribution is 5.73. The highest BCUT2D eigenvalue weighted by Gasteiger charge is 2.68. The van der Waals surface area contributed by atoms with Crippen LogP contribution < -0.4 is 0 Å². The molecule has 4 rings (SSSR count). The van der Waals surface area contributed by atoms with Crippen molar-refractivity contribution < 1.29 is 19.7 Å². The monoisotopic (exact) mass is 252 g/mol. The van der Waals surface area contributed by atoms with Crippen molar-refractivity contribution in [2.75, 3.05) is 7.11 Å². The Morgan fingerprint density at radius 3 is 2.33 bits per heavy atom. The maximum atomic E-state index is 11.8. The summed E-state index contributed by atoms with van der Waals surface area (Å²) in [5.74, 6) is 2.45. The van der Waals surface area contributed by atoms with Crippen LogP contribution >= 0.6 is 0 Å². The van der Waals surface area contributed by atoms with Crippen molar-refractivity contribution in [1.82, 2.24) is 0 Å². The van der Waals surface area contributed by atoms with E-state index in [4.69, 9.17) is 4.74 Å². The Balaban J connectivity index is 1.64. The van der Waals surface area contributed by atoms with Crippen LogP contribution in [0.1, 0.15) is 19.3 Å². The second-order valence-electron chi connectivity index (χ2n) is 6.72. The van der Waals surface area contributed by atoms with Gasteiger partial charge in [-0.1, -0.05) is 0 Å². The predicted molar refractivity (Wildman–Crippen MR) is 62.3 cm³/mol. The van der Waals surface area contributed by atoms with E-state index >= 15 is 0 Å². The lowest BCUT2D eigenvalue weighted by Crippen LogP contribution is -2.46. The van der Waals surface area contributed by atoms with Crippen LogP contribution in [0.15, 0.2) is 0 Å². The van der Waals surface area contributed by atoms with Gasteiger partial charge in [0, 0.05) is 0 Å². The fourth-order valence-electron chi connectivity index (χ4n) is 5.98. The first kappa shape index (κ1) is 11.2. The third-order valence-electron chi connectivity index (χ3n) is 6.40. The topological polar surface area (TPSA) is 66.8 Å². The third-order valence-corrected chi connectivity index (χ3v) is 6.40. The largest absolute Gasteiger partial charge is 0.469 e. The van der Waals surface area contributed by atoms with Crippen molar-refractivity contribution in [3.8, 4) is 0 Å². The molecule has 100 valence electrons. The Morgan fingerprint density at radius 1 is 1.00 bits per heavy atom. The molecule has 4 heteroatoms. The fraction of sp³-hybridized carbons (Fsp3) is 0.929. The summed E-state index contributed by atoms with van der Waals surface area (Å²) in [6.07, 6.45) is 1.91. The van der Waals surface area contributed by atoms with E-state index in [1.165, 1.54) is 7.11 Å². The molecule has 0 aromatic heterocycles. The van der Waals surface area contributed by atoms with Gasteiger partial charge >= 0.3 is 5.97 Å². The van der Waals surface area contributed by atoms with Crippen molar-refractivity contribution in [2.45, 2.75) is 31.5 Å². The first-order chi connectivity index (χ1) is 8.63. The smallest absolute Gasteiger partial charge is 0.308 e. The number of aliphatic hydroxyl groups is 2. The van der Waals surface area contributed by atoms with E-state index in [-0.39, 0.29) is 23.7 Å². The van der Waals surface area contributed by atoms with Crippen LogP contribution in [0.4, 0.5) is 0 Å². The molecule has 9 unspecified atom stereocenters. The second-order valence-corrected chi connectivity index (χ2v) is 6.72. The van der Waals surface area contributed by atoms with Gasteiger partial charge in [0.2, 0.25) is 0 Å². The summed E-state index contributed by atoms with van der Waals surface area (Å²) in [7, 11) is 1.46. The quantitative estimate of drug-likeness (QED) is 0.524. The SMILES string of the molecule is COC(=O)C1CC2CC1C1C3CC(C(O)C3O)C21. The number of ether oxygens (including phenoxy) is 1. The maximum absolute atomic E-state index is 11.8. The molecule has 4 bridgehead atoms. The van der Waals surface area contributed by atoms with E-state index < -0.39 is 12.2 Å². The van der Waals surface area contributed by atoms with E-state index in [0.717, 1.165) is 19.3 Å². The molecule has 4 saturated carbocycles. The molecule has 4 aliphatic rings. The molecule has 2 N–H and O–H groups in total. The van der Waals surface area contributed by atoms with Crippen LogP contribution in [-0.4, -0.2) is 35.5 Å². The van der Waals surface area contributed by atoms with Gasteiger partial charge < -0.3 is 14.9 Å². The number of hydrogen-bond acceptors (Lipinski definition) is 4. The van der Waals surface area contributed by atoms with Crippen molar-refractivity contribution in [3.63, 3.8) is 0 Å². The molecule has 0 aliphatic heterocycles. The summed E-state index contributed by atoms with van der Waals surface area (Å²) in [4.78, 5) is 11.8. The second kappa shape index (κ2) is 3.48. The van der Waals surface area contributed by atoms with Gasteiger partial charge in [0.05, 0.1) is 25.2 Å². The average molecular weight is 252 g/mol. The Hall–Kier alpha value is -0.610. The van der Waals surface area contributed by atoms with Gasteiger partial charge in [-0.2, -0.15) is 0 Å². The van der Waals surface area contributed by atoms with Gasteiger partial charge in [-0.05, 0) is 54.8 Å². The minimum atomic E-state index is -0.561. The standard InChI is InChI=1S/C14H20O4/c1-18-14(17)7-3-5-2-6(7)11-9-4-8(10(5)11)12(15)13(9)16/h5-13,15-16H,2-4H2,1H3. The molecule has 0 amide bonds. The maximum Gasteiger partial charge on any atom is 0.308 e. The zero-order valence-corrected chi connectivity index (χ0v) is 10.5. The number of aliphatic hydroxyl groups excluding tert-OH is 2.